The first-order chi connectivity index (χ1) is 9.40. The molecule has 20 heavy (non-hydrogen) atoms. The summed E-state index contributed by atoms with van der Waals surface area (Å²) in [5.41, 5.74) is -0.460. The molecule has 0 unspecified atom stereocenters. The Morgan fingerprint density at radius 2 is 2.00 bits per heavy atom. The maximum atomic E-state index is 11.9. The third-order valence-corrected chi connectivity index (χ3v) is 3.48. The van der Waals surface area contributed by atoms with Crippen molar-refractivity contribution in [2.24, 2.45) is 0 Å². The van der Waals surface area contributed by atoms with Gasteiger partial charge >= 0.3 is 0 Å². The Kier molecular flexibility index (Phi) is 4.27. The fourth-order valence-electron chi connectivity index (χ4n) is 1.60. The number of nitro benzene ring substituents is 1. The lowest BCUT2D eigenvalue weighted by Gasteiger charge is -2.07. The highest BCUT2D eigenvalue weighted by atomic mass is 35.5. The molecule has 0 radical (unpaired) electrons. The van der Waals surface area contributed by atoms with Crippen molar-refractivity contribution >= 4 is 40.5 Å². The number of aromatic nitrogens is 2. The second-order valence-corrected chi connectivity index (χ2v) is 4.98. The van der Waals surface area contributed by atoms with Gasteiger partial charge < -0.3 is 0 Å². The molecule has 0 spiro atoms. The zero-order valence-corrected chi connectivity index (χ0v) is 12.0. The maximum absolute atomic E-state index is 11.9. The molecular formula is C11H6Cl3N3O3. The molecule has 0 aliphatic heterocycles. The highest BCUT2D eigenvalue weighted by molar-refractivity contribution is 6.40. The van der Waals surface area contributed by atoms with Crippen LogP contribution in [0.25, 0.3) is 0 Å². The molecule has 2 rings (SSSR count). The van der Waals surface area contributed by atoms with Gasteiger partial charge in [-0.3, -0.25) is 19.5 Å². The second kappa shape index (κ2) is 5.78. The molecule has 0 atom stereocenters. The minimum absolute atomic E-state index is 0.0837. The van der Waals surface area contributed by atoms with Crippen LogP contribution in [0.4, 0.5) is 5.69 Å². The lowest BCUT2D eigenvalue weighted by Crippen LogP contribution is -2.22. The lowest BCUT2D eigenvalue weighted by atomic mass is 10.2. The summed E-state index contributed by atoms with van der Waals surface area (Å²) in [5.74, 6) is 0. The predicted molar refractivity (Wildman–Crippen MR) is 75.7 cm³/mol. The third-order valence-electron chi connectivity index (χ3n) is 2.52. The van der Waals surface area contributed by atoms with E-state index in [2.05, 4.69) is 4.98 Å². The van der Waals surface area contributed by atoms with Gasteiger partial charge in [0.15, 0.2) is 5.15 Å². The summed E-state index contributed by atoms with van der Waals surface area (Å²) in [5, 5.41) is 10.9. The summed E-state index contributed by atoms with van der Waals surface area (Å²) in [6.45, 7) is -0.0837. The first-order valence-electron chi connectivity index (χ1n) is 5.23. The van der Waals surface area contributed by atoms with Crippen molar-refractivity contribution in [2.45, 2.75) is 6.54 Å². The average Bonchev–Trinajstić information content (AvgIpc) is 2.39. The Bertz CT molecular complexity index is 745. The number of hydrogen-bond donors (Lipinski definition) is 0. The van der Waals surface area contributed by atoms with Crippen molar-refractivity contribution in [1.82, 2.24) is 9.55 Å². The fourth-order valence-corrected chi connectivity index (χ4v) is 2.08. The third kappa shape index (κ3) is 2.92. The zero-order chi connectivity index (χ0) is 14.9. The Morgan fingerprint density at radius 1 is 1.30 bits per heavy atom. The van der Waals surface area contributed by atoms with Gasteiger partial charge in [0.1, 0.15) is 5.02 Å². The molecule has 0 saturated carbocycles. The van der Waals surface area contributed by atoms with Crippen molar-refractivity contribution in [1.29, 1.82) is 0 Å². The van der Waals surface area contributed by atoms with E-state index >= 15 is 0 Å². The van der Waals surface area contributed by atoms with E-state index in [9.17, 15) is 14.9 Å². The van der Waals surface area contributed by atoms with Crippen molar-refractivity contribution in [3.63, 3.8) is 0 Å². The molecular weight excluding hydrogens is 328 g/mol. The van der Waals surface area contributed by atoms with Crippen LogP contribution in [0.3, 0.4) is 0 Å². The van der Waals surface area contributed by atoms with E-state index < -0.39 is 10.5 Å². The van der Waals surface area contributed by atoms with Crippen LogP contribution in [0.15, 0.2) is 29.3 Å². The van der Waals surface area contributed by atoms with Crippen LogP contribution in [0.2, 0.25) is 15.2 Å². The first-order valence-corrected chi connectivity index (χ1v) is 6.37. The van der Waals surface area contributed by atoms with Crippen LogP contribution in [0.1, 0.15) is 5.56 Å². The van der Waals surface area contributed by atoms with E-state index in [0.29, 0.717) is 5.02 Å². The van der Waals surface area contributed by atoms with Crippen LogP contribution < -0.4 is 5.56 Å². The van der Waals surface area contributed by atoms with Crippen molar-refractivity contribution < 1.29 is 4.92 Å². The SMILES string of the molecule is O=c1c(Cl)c(Cl)ncn1Cc1cc(Cl)ccc1[N+](=O)[O-]. The molecule has 0 aliphatic carbocycles. The number of rotatable bonds is 3. The highest BCUT2D eigenvalue weighted by Gasteiger charge is 2.16. The molecule has 0 bridgehead atoms. The molecule has 6 nitrogen and oxygen atoms in total. The van der Waals surface area contributed by atoms with Gasteiger partial charge in [0.05, 0.1) is 23.4 Å². The Labute approximate surface area is 127 Å². The monoisotopic (exact) mass is 333 g/mol. The zero-order valence-electron chi connectivity index (χ0n) is 9.72. The van der Waals surface area contributed by atoms with Crippen molar-refractivity contribution in [3.05, 3.63) is 65.8 Å². The molecule has 0 fully saturated rings. The fraction of sp³-hybridized carbons (Fsp3) is 0.0909. The van der Waals surface area contributed by atoms with Gasteiger partial charge in [0, 0.05) is 11.1 Å². The first kappa shape index (κ1) is 14.8. The van der Waals surface area contributed by atoms with Gasteiger partial charge in [-0.1, -0.05) is 34.8 Å². The molecule has 0 saturated heterocycles. The van der Waals surface area contributed by atoms with Crippen molar-refractivity contribution in [2.75, 3.05) is 0 Å². The summed E-state index contributed by atoms with van der Waals surface area (Å²) in [4.78, 5) is 26.0. The van der Waals surface area contributed by atoms with Crippen LogP contribution in [-0.4, -0.2) is 14.5 Å². The van der Waals surface area contributed by atoms with E-state index in [1.807, 2.05) is 0 Å². The summed E-state index contributed by atoms with van der Waals surface area (Å²) >= 11 is 17.1. The normalized spacial score (nSPS) is 10.6. The maximum Gasteiger partial charge on any atom is 0.274 e. The van der Waals surface area contributed by atoms with E-state index in [-0.39, 0.29) is 28.0 Å². The Morgan fingerprint density at radius 3 is 2.65 bits per heavy atom. The number of nitrogens with zero attached hydrogens (tertiary/aromatic N) is 3. The van der Waals surface area contributed by atoms with E-state index in [1.165, 1.54) is 24.5 Å². The summed E-state index contributed by atoms with van der Waals surface area (Å²) in [6.07, 6.45) is 1.17. The molecule has 104 valence electrons. The molecule has 1 heterocycles. The van der Waals surface area contributed by atoms with Gasteiger partial charge in [-0.25, -0.2) is 4.98 Å². The summed E-state index contributed by atoms with van der Waals surface area (Å²) in [6, 6.07) is 4.08. The van der Waals surface area contributed by atoms with Crippen LogP contribution in [-0.2, 0) is 6.54 Å². The molecule has 0 aliphatic rings. The van der Waals surface area contributed by atoms with Gasteiger partial charge in [0.2, 0.25) is 0 Å². The van der Waals surface area contributed by atoms with Gasteiger partial charge in [-0.05, 0) is 12.1 Å². The van der Waals surface area contributed by atoms with Gasteiger partial charge in [-0.15, -0.1) is 0 Å². The minimum Gasteiger partial charge on any atom is -0.293 e. The Hall–Kier alpha value is -1.63. The number of hydrogen-bond acceptors (Lipinski definition) is 4. The standard InChI is InChI=1S/C11H6Cl3N3O3/c12-7-1-2-8(17(19)20)6(3-7)4-16-5-15-10(14)9(13)11(16)18/h1-3,5H,4H2. The molecule has 9 heteroatoms. The summed E-state index contributed by atoms with van der Waals surface area (Å²) in [7, 11) is 0. The number of nitro groups is 1. The minimum atomic E-state index is -0.582. The average molecular weight is 335 g/mol. The van der Waals surface area contributed by atoms with E-state index in [0.717, 1.165) is 4.57 Å². The van der Waals surface area contributed by atoms with Crippen molar-refractivity contribution in [3.8, 4) is 0 Å². The van der Waals surface area contributed by atoms with Gasteiger partial charge in [-0.2, -0.15) is 0 Å². The van der Waals surface area contributed by atoms with Gasteiger partial charge in [0.25, 0.3) is 11.2 Å². The van der Waals surface area contributed by atoms with E-state index in [4.69, 9.17) is 34.8 Å². The van der Waals surface area contributed by atoms with Crippen LogP contribution >= 0.6 is 34.8 Å². The lowest BCUT2D eigenvalue weighted by molar-refractivity contribution is -0.385. The topological polar surface area (TPSA) is 78.0 Å². The van der Waals surface area contributed by atoms with Crippen LogP contribution in [0, 0.1) is 10.1 Å². The number of halogens is 3. The smallest absolute Gasteiger partial charge is 0.274 e. The van der Waals surface area contributed by atoms with Crippen LogP contribution in [0.5, 0.6) is 0 Å². The molecule has 2 aromatic rings. The Balaban J connectivity index is 2.50. The quantitative estimate of drug-likeness (QED) is 0.491. The largest absolute Gasteiger partial charge is 0.293 e. The van der Waals surface area contributed by atoms with E-state index in [1.54, 1.807) is 0 Å². The summed E-state index contributed by atoms with van der Waals surface area (Å²) < 4.78 is 1.12. The highest BCUT2D eigenvalue weighted by Crippen LogP contribution is 2.23. The molecule has 0 amide bonds. The predicted octanol–water partition coefficient (Wildman–Crippen LogP) is 3.16. The second-order valence-electron chi connectivity index (χ2n) is 3.81. The number of benzene rings is 1. The molecule has 1 aromatic heterocycles. The molecule has 1 aromatic carbocycles. The molecule has 0 N–H and O–H groups in total.